The Bertz CT molecular complexity index is 791. The van der Waals surface area contributed by atoms with Crippen LogP contribution < -0.4 is 0 Å². The molecule has 0 heteroatoms. The summed E-state index contributed by atoms with van der Waals surface area (Å²) in [5, 5.41) is 0. The Morgan fingerprint density at radius 1 is 0.889 bits per heavy atom. The Kier molecular flexibility index (Phi) is 8.59. The van der Waals surface area contributed by atoms with E-state index in [1.54, 1.807) is 6.08 Å². The van der Waals surface area contributed by atoms with E-state index in [0.29, 0.717) is 0 Å². The van der Waals surface area contributed by atoms with Crippen LogP contribution in [0.4, 0.5) is 0 Å². The van der Waals surface area contributed by atoms with Crippen LogP contribution in [-0.2, 0) is 0 Å². The molecule has 0 radical (unpaired) electrons. The molecule has 0 spiro atoms. The fourth-order valence-electron chi connectivity index (χ4n) is 3.01. The van der Waals surface area contributed by atoms with Crippen molar-refractivity contribution in [3.8, 4) is 0 Å². The first-order valence-electron chi connectivity index (χ1n) is 9.34. The second-order valence-corrected chi connectivity index (χ2v) is 6.19. The Labute approximate surface area is 164 Å². The van der Waals surface area contributed by atoms with E-state index in [9.17, 15) is 0 Å². The maximum Gasteiger partial charge on any atom is 0.0339 e. The zero-order valence-electron chi connectivity index (χ0n) is 16.1. The van der Waals surface area contributed by atoms with Gasteiger partial charge in [-0.05, 0) is 35.6 Å². The molecular weight excluding hydrogens is 324 g/mol. The monoisotopic (exact) mass is 352 g/mol. The third-order valence-corrected chi connectivity index (χ3v) is 4.36. The van der Waals surface area contributed by atoms with Gasteiger partial charge < -0.3 is 0 Å². The van der Waals surface area contributed by atoms with Crippen molar-refractivity contribution in [2.24, 2.45) is 0 Å². The second kappa shape index (κ2) is 11.5. The molecule has 0 atom stereocenters. The molecule has 0 aliphatic carbocycles. The van der Waals surface area contributed by atoms with E-state index in [1.807, 2.05) is 12.2 Å². The molecule has 0 aromatic heterocycles. The van der Waals surface area contributed by atoms with Gasteiger partial charge in [-0.1, -0.05) is 122 Å². The average molecular weight is 353 g/mol. The Morgan fingerprint density at radius 3 is 1.96 bits per heavy atom. The molecule has 0 fully saturated rings. The van der Waals surface area contributed by atoms with E-state index >= 15 is 0 Å². The van der Waals surface area contributed by atoms with E-state index in [4.69, 9.17) is 0 Å². The Hall–Kier alpha value is -3.12. The lowest BCUT2D eigenvalue weighted by atomic mass is 9.84. The fourth-order valence-corrected chi connectivity index (χ4v) is 3.01. The van der Waals surface area contributed by atoms with Crippen LogP contribution >= 0.6 is 0 Å². The molecule has 136 valence electrons. The van der Waals surface area contributed by atoms with Gasteiger partial charge >= 0.3 is 0 Å². The van der Waals surface area contributed by atoms with Crippen molar-refractivity contribution < 1.29 is 0 Å². The summed E-state index contributed by atoms with van der Waals surface area (Å²) in [5.41, 5.74) is 4.90. The van der Waals surface area contributed by atoms with Crippen LogP contribution in [0.5, 0.6) is 0 Å². The number of rotatable bonds is 9. The summed E-state index contributed by atoms with van der Waals surface area (Å²) in [6, 6.07) is 21.2. The van der Waals surface area contributed by atoms with Crippen LogP contribution in [-0.4, -0.2) is 0 Å². The number of benzene rings is 2. The first kappa shape index (κ1) is 20.2. The highest BCUT2D eigenvalue weighted by molar-refractivity contribution is 5.48. The Balaban J connectivity index is 2.39. The lowest BCUT2D eigenvalue weighted by Crippen LogP contribution is -2.03. The highest BCUT2D eigenvalue weighted by Crippen LogP contribution is 2.33. The summed E-state index contributed by atoms with van der Waals surface area (Å²) >= 11 is 0. The van der Waals surface area contributed by atoms with Crippen LogP contribution in [0.25, 0.3) is 0 Å². The highest BCUT2D eigenvalue weighted by Gasteiger charge is 2.16. The van der Waals surface area contributed by atoms with Crippen molar-refractivity contribution in [3.63, 3.8) is 0 Å². The van der Waals surface area contributed by atoms with Gasteiger partial charge in [0.1, 0.15) is 0 Å². The molecule has 27 heavy (non-hydrogen) atoms. The van der Waals surface area contributed by atoms with Crippen molar-refractivity contribution in [2.45, 2.75) is 19.3 Å². The molecule has 0 amide bonds. The second-order valence-electron chi connectivity index (χ2n) is 6.19. The molecule has 0 N–H and O–H groups in total. The number of hydrogen-bond acceptors (Lipinski definition) is 0. The van der Waals surface area contributed by atoms with Gasteiger partial charge in [0.2, 0.25) is 0 Å². The minimum Gasteiger partial charge on any atom is -0.0991 e. The summed E-state index contributed by atoms with van der Waals surface area (Å²) < 4.78 is 0. The SMILES string of the molecule is C=CC=CCC=CC(=CC)C=C(C=C)C(c1ccccc1)c1ccccc1. The van der Waals surface area contributed by atoms with Crippen LogP contribution in [0.15, 0.2) is 134 Å². The lowest BCUT2D eigenvalue weighted by Gasteiger charge is -2.20. The molecule has 0 nitrogen and oxygen atoms in total. The van der Waals surface area contributed by atoms with Crippen LogP contribution in [0, 0.1) is 0 Å². The molecule has 2 rings (SSSR count). The van der Waals surface area contributed by atoms with Gasteiger partial charge in [0.15, 0.2) is 0 Å². The quantitative estimate of drug-likeness (QED) is 0.408. The van der Waals surface area contributed by atoms with Crippen molar-refractivity contribution >= 4 is 0 Å². The van der Waals surface area contributed by atoms with E-state index in [1.165, 1.54) is 22.3 Å². The topological polar surface area (TPSA) is 0 Å². The van der Waals surface area contributed by atoms with Gasteiger partial charge in [0.25, 0.3) is 0 Å². The van der Waals surface area contributed by atoms with Crippen molar-refractivity contribution in [1.82, 2.24) is 0 Å². The molecule has 2 aromatic carbocycles. The third-order valence-electron chi connectivity index (χ3n) is 4.36. The smallest absolute Gasteiger partial charge is 0.0339 e. The first-order chi connectivity index (χ1) is 13.3. The molecule has 0 saturated carbocycles. The zero-order valence-corrected chi connectivity index (χ0v) is 16.1. The molecule has 0 heterocycles. The van der Waals surface area contributed by atoms with Crippen LogP contribution in [0.1, 0.15) is 30.4 Å². The summed E-state index contributed by atoms with van der Waals surface area (Å²) in [5.74, 6) is 0.161. The summed E-state index contributed by atoms with van der Waals surface area (Å²) in [6.45, 7) is 9.86. The minimum atomic E-state index is 0.161. The lowest BCUT2D eigenvalue weighted by molar-refractivity contribution is 0.976. The molecule has 0 bridgehead atoms. The van der Waals surface area contributed by atoms with E-state index < -0.39 is 0 Å². The predicted molar refractivity (Wildman–Crippen MR) is 120 cm³/mol. The van der Waals surface area contributed by atoms with Gasteiger partial charge in [-0.25, -0.2) is 0 Å². The first-order valence-corrected chi connectivity index (χ1v) is 9.34. The molecule has 0 aliphatic rings. The summed E-state index contributed by atoms with van der Waals surface area (Å²) in [6.07, 6.45) is 17.4. The maximum atomic E-state index is 4.10. The molecule has 0 aliphatic heterocycles. The van der Waals surface area contributed by atoms with Gasteiger partial charge in [-0.2, -0.15) is 0 Å². The van der Waals surface area contributed by atoms with Crippen LogP contribution in [0.3, 0.4) is 0 Å². The largest absolute Gasteiger partial charge is 0.0991 e. The number of allylic oxidation sites excluding steroid dienone is 10. The van der Waals surface area contributed by atoms with Gasteiger partial charge in [-0.15, -0.1) is 0 Å². The van der Waals surface area contributed by atoms with Crippen molar-refractivity contribution in [2.75, 3.05) is 0 Å². The van der Waals surface area contributed by atoms with E-state index in [0.717, 1.165) is 6.42 Å². The highest BCUT2D eigenvalue weighted by atomic mass is 14.2. The van der Waals surface area contributed by atoms with Crippen molar-refractivity contribution in [3.05, 3.63) is 145 Å². The number of hydrogen-bond donors (Lipinski definition) is 0. The summed E-state index contributed by atoms with van der Waals surface area (Å²) in [7, 11) is 0. The Morgan fingerprint density at radius 2 is 1.48 bits per heavy atom. The molecule has 2 aromatic rings. The molecule has 0 unspecified atom stereocenters. The van der Waals surface area contributed by atoms with E-state index in [2.05, 4.69) is 111 Å². The molecule has 0 saturated heterocycles. The van der Waals surface area contributed by atoms with Gasteiger partial charge in [-0.3, -0.25) is 0 Å². The van der Waals surface area contributed by atoms with Gasteiger partial charge in [0, 0.05) is 5.92 Å². The van der Waals surface area contributed by atoms with Gasteiger partial charge in [0.05, 0.1) is 0 Å². The maximum absolute atomic E-state index is 4.10. The minimum absolute atomic E-state index is 0.161. The van der Waals surface area contributed by atoms with Crippen LogP contribution in [0.2, 0.25) is 0 Å². The normalized spacial score (nSPS) is 12.8. The predicted octanol–water partition coefficient (Wildman–Crippen LogP) is 7.57. The summed E-state index contributed by atoms with van der Waals surface area (Å²) in [4.78, 5) is 0. The average Bonchev–Trinajstić information content (AvgIpc) is 2.73. The van der Waals surface area contributed by atoms with Crippen molar-refractivity contribution in [1.29, 1.82) is 0 Å². The fraction of sp³-hybridized carbons (Fsp3) is 0.111. The zero-order chi connectivity index (χ0) is 19.3. The van der Waals surface area contributed by atoms with E-state index in [-0.39, 0.29) is 5.92 Å². The molecular formula is C27H28. The third kappa shape index (κ3) is 6.27. The standard InChI is InChI=1S/C27H28/c1-4-7-8-9-12-17-23(5-2)22-24(6-3)27(25-18-13-10-14-19-25)26-20-15-11-16-21-26/h4-8,10-22,27H,1,3,9H2,2H3.